The van der Waals surface area contributed by atoms with Crippen molar-refractivity contribution in [2.24, 2.45) is 0 Å². The van der Waals surface area contributed by atoms with Gasteiger partial charge in [-0.25, -0.2) is 0 Å². The summed E-state index contributed by atoms with van der Waals surface area (Å²) >= 11 is 1.36. The van der Waals surface area contributed by atoms with Crippen LogP contribution in [0.3, 0.4) is 0 Å². The number of aryl methyl sites for hydroxylation is 1. The third-order valence-corrected chi connectivity index (χ3v) is 3.28. The average molecular weight is 289 g/mol. The van der Waals surface area contributed by atoms with Crippen molar-refractivity contribution in [2.45, 2.75) is 24.3 Å². The number of hydrogen-bond donors (Lipinski definition) is 0. The minimum absolute atomic E-state index is 0.466. The number of pyridine rings is 1. The fourth-order valence-electron chi connectivity index (χ4n) is 1.50. The summed E-state index contributed by atoms with van der Waals surface area (Å²) in [6.45, 7) is 1.97. The zero-order valence-corrected chi connectivity index (χ0v) is 11.5. The lowest BCUT2D eigenvalue weighted by Gasteiger charge is -1.92. The maximum atomic E-state index is 5.55. The summed E-state index contributed by atoms with van der Waals surface area (Å²) < 4.78 is 10.6. The summed E-state index contributed by atoms with van der Waals surface area (Å²) in [4.78, 5) is 8.15. The first-order valence-corrected chi connectivity index (χ1v) is 7.02. The highest BCUT2D eigenvalue weighted by Gasteiger charge is 2.11. The van der Waals surface area contributed by atoms with Crippen LogP contribution in [0.4, 0.5) is 0 Å². The zero-order chi connectivity index (χ0) is 13.8. The molecule has 7 nitrogen and oxygen atoms in total. The molecular formula is C12H11N5O2S. The highest BCUT2D eigenvalue weighted by atomic mass is 32.2. The Morgan fingerprint density at radius 2 is 2.05 bits per heavy atom. The molecule has 3 aromatic rings. The molecule has 0 aromatic carbocycles. The van der Waals surface area contributed by atoms with Gasteiger partial charge in [0.05, 0.1) is 5.75 Å². The van der Waals surface area contributed by atoms with Crippen LogP contribution in [0.2, 0.25) is 0 Å². The Morgan fingerprint density at radius 1 is 1.20 bits per heavy atom. The van der Waals surface area contributed by atoms with E-state index in [0.29, 0.717) is 28.6 Å². The van der Waals surface area contributed by atoms with Gasteiger partial charge in [0, 0.05) is 24.4 Å². The van der Waals surface area contributed by atoms with Crippen LogP contribution in [0, 0.1) is 0 Å². The van der Waals surface area contributed by atoms with Gasteiger partial charge >= 0.3 is 0 Å². The van der Waals surface area contributed by atoms with Crippen molar-refractivity contribution in [2.75, 3.05) is 0 Å². The molecule has 8 heteroatoms. The van der Waals surface area contributed by atoms with E-state index in [1.165, 1.54) is 11.8 Å². The van der Waals surface area contributed by atoms with E-state index in [0.717, 1.165) is 12.0 Å². The summed E-state index contributed by atoms with van der Waals surface area (Å²) in [5.41, 5.74) is 0.838. The summed E-state index contributed by atoms with van der Waals surface area (Å²) in [5.74, 6) is 2.22. The Bertz CT molecular complexity index is 682. The first-order chi connectivity index (χ1) is 9.85. The quantitative estimate of drug-likeness (QED) is 0.661. The second-order valence-corrected chi connectivity index (χ2v) is 4.78. The van der Waals surface area contributed by atoms with E-state index >= 15 is 0 Å². The number of hydrogen-bond acceptors (Lipinski definition) is 8. The summed E-state index contributed by atoms with van der Waals surface area (Å²) in [6.07, 6.45) is 4.11. The van der Waals surface area contributed by atoms with Crippen LogP contribution in [-0.2, 0) is 12.2 Å². The first-order valence-electron chi connectivity index (χ1n) is 6.03. The number of thioether (sulfide) groups is 1. The SMILES string of the molecule is CCc1noc(CSc2nnc(-c3ccncc3)o2)n1. The smallest absolute Gasteiger partial charge is 0.277 e. The van der Waals surface area contributed by atoms with E-state index in [1.807, 2.05) is 19.1 Å². The molecule has 0 atom stereocenters. The molecule has 0 bridgehead atoms. The van der Waals surface area contributed by atoms with Gasteiger partial charge in [-0.1, -0.05) is 23.8 Å². The lowest BCUT2D eigenvalue weighted by Crippen LogP contribution is -1.84. The van der Waals surface area contributed by atoms with Crippen molar-refractivity contribution in [3.63, 3.8) is 0 Å². The molecule has 0 amide bonds. The fraction of sp³-hybridized carbons (Fsp3) is 0.250. The molecule has 3 heterocycles. The maximum Gasteiger partial charge on any atom is 0.277 e. The van der Waals surface area contributed by atoms with Crippen LogP contribution in [0.5, 0.6) is 0 Å². The highest BCUT2D eigenvalue weighted by Crippen LogP contribution is 2.24. The van der Waals surface area contributed by atoms with Gasteiger partial charge in [-0.15, -0.1) is 10.2 Å². The van der Waals surface area contributed by atoms with E-state index in [2.05, 4.69) is 25.3 Å². The van der Waals surface area contributed by atoms with Gasteiger partial charge in [0.25, 0.3) is 5.22 Å². The summed E-state index contributed by atoms with van der Waals surface area (Å²) in [7, 11) is 0. The second kappa shape index (κ2) is 5.83. The van der Waals surface area contributed by atoms with Crippen LogP contribution >= 0.6 is 11.8 Å². The summed E-state index contributed by atoms with van der Waals surface area (Å²) in [6, 6.07) is 3.63. The predicted octanol–water partition coefficient (Wildman–Crippen LogP) is 2.37. The van der Waals surface area contributed by atoms with E-state index < -0.39 is 0 Å². The van der Waals surface area contributed by atoms with E-state index in [-0.39, 0.29) is 0 Å². The Morgan fingerprint density at radius 3 is 2.80 bits per heavy atom. The van der Waals surface area contributed by atoms with E-state index in [4.69, 9.17) is 8.94 Å². The largest absolute Gasteiger partial charge is 0.411 e. The van der Waals surface area contributed by atoms with E-state index in [1.54, 1.807) is 12.4 Å². The normalized spacial score (nSPS) is 10.8. The molecule has 0 saturated carbocycles. The van der Waals surface area contributed by atoms with E-state index in [9.17, 15) is 0 Å². The molecule has 102 valence electrons. The number of rotatable bonds is 5. The minimum Gasteiger partial charge on any atom is -0.411 e. The van der Waals surface area contributed by atoms with Crippen LogP contribution < -0.4 is 0 Å². The zero-order valence-electron chi connectivity index (χ0n) is 10.7. The van der Waals surface area contributed by atoms with Crippen LogP contribution in [0.1, 0.15) is 18.6 Å². The molecule has 0 aliphatic heterocycles. The minimum atomic E-state index is 0.466. The summed E-state index contributed by atoms with van der Waals surface area (Å²) in [5, 5.41) is 12.3. The lowest BCUT2D eigenvalue weighted by atomic mass is 10.3. The van der Waals surface area contributed by atoms with Crippen molar-refractivity contribution >= 4 is 11.8 Å². The Balaban J connectivity index is 1.65. The van der Waals surface area contributed by atoms with Gasteiger partial charge in [-0.3, -0.25) is 4.98 Å². The molecular weight excluding hydrogens is 278 g/mol. The molecule has 0 spiro atoms. The molecule has 3 aromatic heterocycles. The van der Waals surface area contributed by atoms with Crippen molar-refractivity contribution in [3.05, 3.63) is 36.2 Å². The Hall–Kier alpha value is -2.22. The molecule has 0 saturated heterocycles. The molecule has 0 aliphatic carbocycles. The Kier molecular flexibility index (Phi) is 3.73. The van der Waals surface area contributed by atoms with Gasteiger partial charge in [-0.05, 0) is 12.1 Å². The molecule has 0 fully saturated rings. The van der Waals surface area contributed by atoms with Crippen LogP contribution in [0.15, 0.2) is 38.7 Å². The van der Waals surface area contributed by atoms with Gasteiger partial charge < -0.3 is 8.94 Å². The molecule has 20 heavy (non-hydrogen) atoms. The van der Waals surface area contributed by atoms with Gasteiger partial charge in [0.1, 0.15) is 0 Å². The molecule has 0 radical (unpaired) electrons. The second-order valence-electron chi connectivity index (χ2n) is 3.86. The lowest BCUT2D eigenvalue weighted by molar-refractivity contribution is 0.384. The molecule has 0 aliphatic rings. The monoisotopic (exact) mass is 289 g/mol. The molecule has 3 rings (SSSR count). The van der Waals surface area contributed by atoms with Crippen molar-refractivity contribution in [1.29, 1.82) is 0 Å². The Labute approximate surface area is 118 Å². The fourth-order valence-corrected chi connectivity index (χ4v) is 2.10. The molecule has 0 unspecified atom stereocenters. The van der Waals surface area contributed by atoms with Gasteiger partial charge in [0.2, 0.25) is 11.8 Å². The number of aromatic nitrogens is 5. The molecule has 0 N–H and O–H groups in total. The number of nitrogens with zero attached hydrogens (tertiary/aromatic N) is 5. The standard InChI is InChI=1S/C12H11N5O2S/c1-2-9-14-10(19-17-9)7-20-12-16-15-11(18-12)8-3-5-13-6-4-8/h3-6H,2,7H2,1H3. The van der Waals surface area contributed by atoms with Crippen molar-refractivity contribution in [3.8, 4) is 11.5 Å². The van der Waals surface area contributed by atoms with Crippen LogP contribution in [0.25, 0.3) is 11.5 Å². The topological polar surface area (TPSA) is 90.7 Å². The maximum absolute atomic E-state index is 5.55. The predicted molar refractivity (Wildman–Crippen MR) is 70.8 cm³/mol. The van der Waals surface area contributed by atoms with Crippen molar-refractivity contribution < 1.29 is 8.94 Å². The first kappa shape index (κ1) is 12.8. The van der Waals surface area contributed by atoms with Crippen molar-refractivity contribution in [1.82, 2.24) is 25.3 Å². The van der Waals surface area contributed by atoms with Gasteiger partial charge in [0.15, 0.2) is 5.82 Å². The van der Waals surface area contributed by atoms with Gasteiger partial charge in [-0.2, -0.15) is 4.98 Å². The average Bonchev–Trinajstić information content (AvgIpc) is 3.15. The third-order valence-electron chi connectivity index (χ3n) is 2.48. The third kappa shape index (κ3) is 2.85. The highest BCUT2D eigenvalue weighted by molar-refractivity contribution is 7.98. The van der Waals surface area contributed by atoms with Crippen LogP contribution in [-0.4, -0.2) is 25.3 Å².